The molecule has 1 amide bonds. The second-order valence-corrected chi connectivity index (χ2v) is 6.51. The number of methoxy groups -OCH3 is 1. The van der Waals surface area contributed by atoms with Gasteiger partial charge in [-0.3, -0.25) is 4.79 Å². The van der Waals surface area contributed by atoms with Gasteiger partial charge in [0.15, 0.2) is 0 Å². The number of amides is 1. The molecule has 0 fully saturated rings. The number of hydrogen-bond donors (Lipinski definition) is 2. The van der Waals surface area contributed by atoms with E-state index < -0.39 is 6.04 Å². The first kappa shape index (κ1) is 20.0. The number of nitrogens with one attached hydrogen (secondary N) is 1. The molecule has 1 aromatic carbocycles. The number of rotatable bonds is 5. The summed E-state index contributed by atoms with van der Waals surface area (Å²) in [5.74, 6) is 0.626. The van der Waals surface area contributed by atoms with Crippen molar-refractivity contribution < 1.29 is 9.53 Å². The third-order valence-electron chi connectivity index (χ3n) is 3.64. The largest absolute Gasteiger partial charge is 0.497 e. The van der Waals surface area contributed by atoms with Gasteiger partial charge in [-0.1, -0.05) is 20.8 Å². The summed E-state index contributed by atoms with van der Waals surface area (Å²) in [4.78, 5) is 12.0. The van der Waals surface area contributed by atoms with Crippen molar-refractivity contribution in [2.24, 2.45) is 11.1 Å². The Labute approximate surface area is 148 Å². The average Bonchev–Trinajstić information content (AvgIpc) is 3.00. The van der Waals surface area contributed by atoms with E-state index in [9.17, 15) is 4.79 Å². The van der Waals surface area contributed by atoms with Crippen molar-refractivity contribution in [1.29, 1.82) is 0 Å². The molecule has 0 radical (unpaired) electrons. The smallest absolute Gasteiger partial charge is 0.237 e. The van der Waals surface area contributed by atoms with Gasteiger partial charge in [-0.25, -0.2) is 4.68 Å². The molecule has 2 rings (SSSR count). The van der Waals surface area contributed by atoms with Gasteiger partial charge in [-0.05, 0) is 35.7 Å². The summed E-state index contributed by atoms with van der Waals surface area (Å²) in [6.07, 6.45) is 1.85. The molecule has 0 spiro atoms. The van der Waals surface area contributed by atoms with Crippen LogP contribution in [0.15, 0.2) is 36.5 Å². The van der Waals surface area contributed by atoms with Gasteiger partial charge in [0.1, 0.15) is 5.75 Å². The van der Waals surface area contributed by atoms with Crippen LogP contribution in [0.3, 0.4) is 0 Å². The van der Waals surface area contributed by atoms with Crippen molar-refractivity contribution in [1.82, 2.24) is 15.1 Å². The number of ether oxygens (including phenoxy) is 1. The van der Waals surface area contributed by atoms with Crippen LogP contribution < -0.4 is 15.8 Å². The Hall–Kier alpha value is -2.05. The van der Waals surface area contributed by atoms with Crippen LogP contribution >= 0.6 is 12.4 Å². The Bertz CT molecular complexity index is 662. The SMILES string of the molecule is COc1ccc(-n2ccc(CNC(=O)[C@@H](N)C(C)(C)C)n2)cc1.Cl. The predicted molar refractivity (Wildman–Crippen MR) is 96.6 cm³/mol. The van der Waals surface area contributed by atoms with E-state index in [1.54, 1.807) is 11.8 Å². The molecule has 132 valence electrons. The van der Waals surface area contributed by atoms with Gasteiger partial charge in [-0.15, -0.1) is 12.4 Å². The summed E-state index contributed by atoms with van der Waals surface area (Å²) in [7, 11) is 1.63. The summed E-state index contributed by atoms with van der Waals surface area (Å²) in [6.45, 7) is 6.17. The molecule has 1 atom stereocenters. The Morgan fingerprint density at radius 3 is 2.46 bits per heavy atom. The van der Waals surface area contributed by atoms with Crippen molar-refractivity contribution in [2.75, 3.05) is 7.11 Å². The van der Waals surface area contributed by atoms with Crippen LogP contribution in [0.1, 0.15) is 26.5 Å². The van der Waals surface area contributed by atoms with Crippen LogP contribution in [0.25, 0.3) is 5.69 Å². The summed E-state index contributed by atoms with van der Waals surface area (Å²) >= 11 is 0. The fourth-order valence-electron chi connectivity index (χ4n) is 2.02. The highest BCUT2D eigenvalue weighted by Gasteiger charge is 2.27. The van der Waals surface area contributed by atoms with E-state index in [0.717, 1.165) is 17.1 Å². The molecule has 0 saturated carbocycles. The first-order valence-electron chi connectivity index (χ1n) is 7.53. The molecule has 0 unspecified atom stereocenters. The van der Waals surface area contributed by atoms with Crippen LogP contribution in [-0.4, -0.2) is 28.8 Å². The van der Waals surface area contributed by atoms with Crippen LogP contribution in [0.2, 0.25) is 0 Å². The lowest BCUT2D eigenvalue weighted by Gasteiger charge is -2.25. The van der Waals surface area contributed by atoms with Crippen LogP contribution in [0.4, 0.5) is 0 Å². The monoisotopic (exact) mass is 352 g/mol. The van der Waals surface area contributed by atoms with Crippen LogP contribution in [0.5, 0.6) is 5.75 Å². The number of carbonyl (C=O) groups excluding carboxylic acids is 1. The normalized spacial score (nSPS) is 12.2. The van der Waals surface area contributed by atoms with E-state index in [4.69, 9.17) is 10.5 Å². The number of carbonyl (C=O) groups is 1. The minimum Gasteiger partial charge on any atom is -0.497 e. The third kappa shape index (κ3) is 4.97. The lowest BCUT2D eigenvalue weighted by atomic mass is 9.87. The van der Waals surface area contributed by atoms with Crippen molar-refractivity contribution >= 4 is 18.3 Å². The van der Waals surface area contributed by atoms with Gasteiger partial charge in [0.25, 0.3) is 0 Å². The van der Waals surface area contributed by atoms with Gasteiger partial charge in [0.05, 0.1) is 31.1 Å². The second kappa shape index (κ2) is 8.17. The van der Waals surface area contributed by atoms with E-state index in [1.807, 2.05) is 57.3 Å². The Kier molecular flexibility index (Phi) is 6.81. The minimum absolute atomic E-state index is 0. The maximum absolute atomic E-state index is 12.0. The van der Waals surface area contributed by atoms with Crippen molar-refractivity contribution in [3.05, 3.63) is 42.2 Å². The fourth-order valence-corrected chi connectivity index (χ4v) is 2.02. The number of benzene rings is 1. The van der Waals surface area contributed by atoms with Crippen LogP contribution in [-0.2, 0) is 11.3 Å². The quantitative estimate of drug-likeness (QED) is 0.865. The first-order chi connectivity index (χ1) is 10.8. The van der Waals surface area contributed by atoms with E-state index in [2.05, 4.69) is 10.4 Å². The molecule has 2 aromatic rings. The molecule has 0 aliphatic carbocycles. The lowest BCUT2D eigenvalue weighted by Crippen LogP contribution is -2.48. The maximum atomic E-state index is 12.0. The fraction of sp³-hybridized carbons (Fsp3) is 0.412. The molecular formula is C17H25ClN4O2. The van der Waals surface area contributed by atoms with Gasteiger partial charge in [-0.2, -0.15) is 5.10 Å². The van der Waals surface area contributed by atoms with Crippen molar-refractivity contribution in [3.63, 3.8) is 0 Å². The number of halogens is 1. The van der Waals surface area contributed by atoms with Gasteiger partial charge in [0, 0.05) is 6.20 Å². The van der Waals surface area contributed by atoms with Crippen LogP contribution in [0, 0.1) is 5.41 Å². The maximum Gasteiger partial charge on any atom is 0.237 e. The zero-order valence-corrected chi connectivity index (χ0v) is 15.3. The summed E-state index contributed by atoms with van der Waals surface area (Å²) in [5.41, 5.74) is 7.36. The average molecular weight is 353 g/mol. The van der Waals surface area contributed by atoms with Gasteiger partial charge in [0.2, 0.25) is 5.91 Å². The van der Waals surface area contributed by atoms with E-state index in [1.165, 1.54) is 0 Å². The van der Waals surface area contributed by atoms with Gasteiger partial charge >= 0.3 is 0 Å². The molecular weight excluding hydrogens is 328 g/mol. The summed E-state index contributed by atoms with van der Waals surface area (Å²) in [5, 5.41) is 7.28. The molecule has 0 saturated heterocycles. The van der Waals surface area contributed by atoms with Crippen molar-refractivity contribution in [2.45, 2.75) is 33.4 Å². The number of nitrogens with two attached hydrogens (primary N) is 1. The zero-order chi connectivity index (χ0) is 17.0. The Morgan fingerprint density at radius 2 is 1.92 bits per heavy atom. The van der Waals surface area contributed by atoms with E-state index >= 15 is 0 Å². The molecule has 7 heteroatoms. The Morgan fingerprint density at radius 1 is 1.29 bits per heavy atom. The summed E-state index contributed by atoms with van der Waals surface area (Å²) in [6, 6.07) is 8.91. The highest BCUT2D eigenvalue weighted by Crippen LogP contribution is 2.17. The standard InChI is InChI=1S/C17H24N4O2.ClH/c1-17(2,3)15(18)16(22)19-11-12-9-10-21(20-12)13-5-7-14(23-4)8-6-13;/h5-10,15H,11,18H2,1-4H3,(H,19,22);1H/t15-;/m1./s1. The molecule has 1 heterocycles. The topological polar surface area (TPSA) is 82.2 Å². The number of aromatic nitrogens is 2. The lowest BCUT2D eigenvalue weighted by molar-refractivity contribution is -0.124. The highest BCUT2D eigenvalue weighted by atomic mass is 35.5. The Balaban J connectivity index is 0.00000288. The molecule has 0 aliphatic heterocycles. The number of nitrogens with zero attached hydrogens (tertiary/aromatic N) is 2. The predicted octanol–water partition coefficient (Wildman–Crippen LogP) is 2.29. The molecule has 3 N–H and O–H groups in total. The molecule has 0 aliphatic rings. The van der Waals surface area contributed by atoms with Gasteiger partial charge < -0.3 is 15.8 Å². The second-order valence-electron chi connectivity index (χ2n) is 6.51. The molecule has 1 aromatic heterocycles. The third-order valence-corrected chi connectivity index (χ3v) is 3.64. The highest BCUT2D eigenvalue weighted by molar-refractivity contribution is 5.85. The summed E-state index contributed by atoms with van der Waals surface area (Å²) < 4.78 is 6.89. The minimum atomic E-state index is -0.550. The molecule has 6 nitrogen and oxygen atoms in total. The van der Waals surface area contributed by atoms with E-state index in [0.29, 0.717) is 6.54 Å². The zero-order valence-electron chi connectivity index (χ0n) is 14.4. The first-order valence-corrected chi connectivity index (χ1v) is 7.53. The number of hydrogen-bond acceptors (Lipinski definition) is 4. The molecule has 24 heavy (non-hydrogen) atoms. The molecule has 0 bridgehead atoms. The van der Waals surface area contributed by atoms with Crippen molar-refractivity contribution in [3.8, 4) is 11.4 Å². The van der Waals surface area contributed by atoms with E-state index in [-0.39, 0.29) is 23.7 Å².